The Balaban J connectivity index is 1.57. The number of aromatic nitrogens is 1. The largest absolute Gasteiger partial charge is 0.326 e. The van der Waals surface area contributed by atoms with E-state index in [0.29, 0.717) is 19.3 Å². The first-order valence-electron chi connectivity index (χ1n) is 8.27. The van der Waals surface area contributed by atoms with Crippen molar-refractivity contribution >= 4 is 23.2 Å². The molecule has 1 aliphatic rings. The van der Waals surface area contributed by atoms with E-state index in [1.165, 1.54) is 0 Å². The van der Waals surface area contributed by atoms with Crippen molar-refractivity contribution < 1.29 is 9.59 Å². The summed E-state index contributed by atoms with van der Waals surface area (Å²) in [4.78, 5) is 27.4. The van der Waals surface area contributed by atoms with Crippen molar-refractivity contribution in [3.05, 3.63) is 59.9 Å². The molecule has 1 unspecified atom stereocenters. The van der Waals surface area contributed by atoms with Crippen molar-refractivity contribution in [1.82, 2.24) is 10.4 Å². The highest BCUT2D eigenvalue weighted by molar-refractivity contribution is 6.06. The average molecular weight is 336 g/mol. The number of carbonyl (C=O) groups excluding carboxylic acids is 2. The minimum absolute atomic E-state index is 0.0350. The molecule has 0 fully saturated rings. The Morgan fingerprint density at radius 3 is 2.76 bits per heavy atom. The first-order chi connectivity index (χ1) is 12.1. The summed E-state index contributed by atoms with van der Waals surface area (Å²) in [6.45, 7) is 1.98. The van der Waals surface area contributed by atoms with Gasteiger partial charge in [-0.05, 0) is 35.7 Å². The number of hydrogen-bond acceptors (Lipinski definition) is 4. The van der Waals surface area contributed by atoms with Crippen LogP contribution in [0.25, 0.3) is 0 Å². The molecule has 25 heavy (non-hydrogen) atoms. The van der Waals surface area contributed by atoms with Crippen molar-refractivity contribution in [2.45, 2.75) is 26.2 Å². The zero-order chi connectivity index (χ0) is 17.6. The van der Waals surface area contributed by atoms with Gasteiger partial charge in [0.2, 0.25) is 11.8 Å². The fourth-order valence-corrected chi connectivity index (χ4v) is 2.75. The number of nitrogens with zero attached hydrogens (tertiary/aromatic N) is 2. The van der Waals surface area contributed by atoms with E-state index in [-0.39, 0.29) is 17.7 Å². The summed E-state index contributed by atoms with van der Waals surface area (Å²) in [6, 6.07) is 11.3. The lowest BCUT2D eigenvalue weighted by Gasteiger charge is -2.19. The summed E-state index contributed by atoms with van der Waals surface area (Å²) in [5, 5.41) is 7.03. The molecule has 1 aromatic carbocycles. The molecule has 2 N–H and O–H groups in total. The van der Waals surface area contributed by atoms with Gasteiger partial charge >= 0.3 is 0 Å². The summed E-state index contributed by atoms with van der Waals surface area (Å²) in [7, 11) is 0. The lowest BCUT2D eigenvalue weighted by molar-refractivity contribution is -0.122. The fourth-order valence-electron chi connectivity index (χ4n) is 2.75. The highest BCUT2D eigenvalue weighted by Crippen LogP contribution is 2.18. The number of nitrogens with one attached hydrogen (secondary N) is 2. The molecule has 0 saturated carbocycles. The zero-order valence-corrected chi connectivity index (χ0v) is 14.0. The van der Waals surface area contributed by atoms with E-state index < -0.39 is 0 Å². The van der Waals surface area contributed by atoms with Crippen LogP contribution in [0, 0.1) is 5.92 Å². The smallest absolute Gasteiger partial charge is 0.240 e. The number of hydrogen-bond donors (Lipinski definition) is 2. The highest BCUT2D eigenvalue weighted by atomic mass is 16.2. The van der Waals surface area contributed by atoms with E-state index in [2.05, 4.69) is 20.8 Å². The van der Waals surface area contributed by atoms with Gasteiger partial charge in [-0.1, -0.05) is 25.1 Å². The van der Waals surface area contributed by atoms with E-state index >= 15 is 0 Å². The quantitative estimate of drug-likeness (QED) is 0.880. The molecule has 6 heteroatoms. The van der Waals surface area contributed by atoms with Crippen molar-refractivity contribution in [2.24, 2.45) is 11.0 Å². The topological polar surface area (TPSA) is 83.5 Å². The molecule has 6 nitrogen and oxygen atoms in total. The lowest BCUT2D eigenvalue weighted by atomic mass is 9.94. The predicted octanol–water partition coefficient (Wildman–Crippen LogP) is 2.51. The van der Waals surface area contributed by atoms with Crippen LogP contribution in [0.5, 0.6) is 0 Å². The molecule has 0 radical (unpaired) electrons. The highest BCUT2D eigenvalue weighted by Gasteiger charge is 2.21. The molecule has 1 aromatic heterocycles. The van der Waals surface area contributed by atoms with Crippen LogP contribution in [0.1, 0.15) is 30.9 Å². The van der Waals surface area contributed by atoms with Gasteiger partial charge in [0.25, 0.3) is 0 Å². The number of carbonyl (C=O) groups is 2. The third-order valence-electron chi connectivity index (χ3n) is 4.09. The van der Waals surface area contributed by atoms with Crippen LogP contribution in [0.15, 0.2) is 53.9 Å². The molecule has 0 spiro atoms. The summed E-state index contributed by atoms with van der Waals surface area (Å²) < 4.78 is 0. The van der Waals surface area contributed by atoms with Gasteiger partial charge in [0.05, 0.1) is 5.71 Å². The molecule has 2 aromatic rings. The van der Waals surface area contributed by atoms with Crippen LogP contribution in [0.4, 0.5) is 5.69 Å². The predicted molar refractivity (Wildman–Crippen MR) is 96.1 cm³/mol. The number of aryl methyl sites for hydroxylation is 1. The van der Waals surface area contributed by atoms with Crippen molar-refractivity contribution in [3.63, 3.8) is 0 Å². The number of hydrazone groups is 1. The van der Waals surface area contributed by atoms with E-state index in [4.69, 9.17) is 0 Å². The number of benzene rings is 1. The van der Waals surface area contributed by atoms with E-state index in [0.717, 1.165) is 22.5 Å². The van der Waals surface area contributed by atoms with Gasteiger partial charge in [0.15, 0.2) is 0 Å². The monoisotopic (exact) mass is 336 g/mol. The van der Waals surface area contributed by atoms with E-state index in [9.17, 15) is 9.59 Å². The Morgan fingerprint density at radius 2 is 2.08 bits per heavy atom. The third kappa shape index (κ3) is 4.50. The molecular formula is C19H20N4O2. The van der Waals surface area contributed by atoms with Gasteiger partial charge < -0.3 is 5.32 Å². The first-order valence-corrected chi connectivity index (χ1v) is 8.27. The number of anilines is 1. The van der Waals surface area contributed by atoms with Crippen molar-refractivity contribution in [3.8, 4) is 0 Å². The van der Waals surface area contributed by atoms with Crippen LogP contribution in [-0.2, 0) is 16.0 Å². The maximum atomic E-state index is 12.1. The molecule has 2 amide bonds. The third-order valence-corrected chi connectivity index (χ3v) is 4.09. The summed E-state index contributed by atoms with van der Waals surface area (Å²) in [6.07, 6.45) is 4.99. The molecule has 0 bridgehead atoms. The van der Waals surface area contributed by atoms with Crippen LogP contribution in [0.3, 0.4) is 0 Å². The second kappa shape index (κ2) is 7.70. The van der Waals surface area contributed by atoms with Crippen molar-refractivity contribution in [1.29, 1.82) is 0 Å². The summed E-state index contributed by atoms with van der Waals surface area (Å²) in [5.41, 5.74) is 6.10. The molecular weight excluding hydrogens is 316 g/mol. The minimum Gasteiger partial charge on any atom is -0.326 e. The molecule has 0 aliphatic carbocycles. The molecule has 0 saturated heterocycles. The Bertz CT molecular complexity index is 785. The normalized spacial score (nSPS) is 16.8. The SMILES string of the molecule is CC1CC(=O)NN=C1c1ccc(NC(=O)CCc2cccnc2)cc1. The number of amides is 2. The summed E-state index contributed by atoms with van der Waals surface area (Å²) in [5.74, 6) is -0.0188. The van der Waals surface area contributed by atoms with Crippen LogP contribution in [-0.4, -0.2) is 22.5 Å². The van der Waals surface area contributed by atoms with Gasteiger partial charge in [0, 0.05) is 36.8 Å². The molecule has 3 rings (SSSR count). The molecule has 128 valence electrons. The van der Waals surface area contributed by atoms with Crippen LogP contribution in [0.2, 0.25) is 0 Å². The van der Waals surface area contributed by atoms with Crippen molar-refractivity contribution in [2.75, 3.05) is 5.32 Å². The summed E-state index contributed by atoms with van der Waals surface area (Å²) >= 11 is 0. The van der Waals surface area contributed by atoms with Crippen LogP contribution >= 0.6 is 0 Å². The first kappa shape index (κ1) is 16.8. The van der Waals surface area contributed by atoms with Gasteiger partial charge in [-0.3, -0.25) is 14.6 Å². The molecule has 2 heterocycles. The standard InChI is InChI=1S/C19H20N4O2/c1-13-11-18(25)22-23-19(13)15-5-7-16(8-6-15)21-17(24)9-4-14-3-2-10-20-12-14/h2-3,5-8,10,12-13H,4,9,11H2,1H3,(H,21,24)(H,22,25). The fraction of sp³-hybridized carbons (Fsp3) is 0.263. The minimum atomic E-state index is -0.0613. The molecule has 1 atom stereocenters. The van der Waals surface area contributed by atoms with Gasteiger partial charge in [-0.2, -0.15) is 5.10 Å². The average Bonchev–Trinajstić information content (AvgIpc) is 2.62. The second-order valence-electron chi connectivity index (χ2n) is 6.12. The molecule has 1 aliphatic heterocycles. The number of pyridine rings is 1. The van der Waals surface area contributed by atoms with Gasteiger partial charge in [0.1, 0.15) is 0 Å². The van der Waals surface area contributed by atoms with Gasteiger partial charge in [-0.25, -0.2) is 5.43 Å². The Labute approximate surface area is 146 Å². The zero-order valence-electron chi connectivity index (χ0n) is 14.0. The Kier molecular flexibility index (Phi) is 5.18. The van der Waals surface area contributed by atoms with Crippen LogP contribution < -0.4 is 10.7 Å². The Hall–Kier alpha value is -3.02. The second-order valence-corrected chi connectivity index (χ2v) is 6.12. The van der Waals surface area contributed by atoms with E-state index in [1.807, 2.05) is 43.3 Å². The van der Waals surface area contributed by atoms with E-state index in [1.54, 1.807) is 12.4 Å². The van der Waals surface area contributed by atoms with Gasteiger partial charge in [-0.15, -0.1) is 0 Å². The number of rotatable bonds is 5. The lowest BCUT2D eigenvalue weighted by Crippen LogP contribution is -2.31. The Morgan fingerprint density at radius 1 is 1.28 bits per heavy atom. The maximum Gasteiger partial charge on any atom is 0.240 e. The maximum absolute atomic E-state index is 12.1.